The Bertz CT molecular complexity index is 1340. The predicted molar refractivity (Wildman–Crippen MR) is 150 cm³/mol. The second kappa shape index (κ2) is 12.2. The molecular formula is C30H33N3O3S. The van der Waals surface area contributed by atoms with Crippen LogP contribution in [0.5, 0.6) is 11.5 Å². The zero-order valence-corrected chi connectivity index (χ0v) is 22.2. The van der Waals surface area contributed by atoms with Gasteiger partial charge in [-0.2, -0.15) is 0 Å². The van der Waals surface area contributed by atoms with Crippen molar-refractivity contribution in [3.05, 3.63) is 83.7 Å². The summed E-state index contributed by atoms with van der Waals surface area (Å²) >= 11 is 1.73. The van der Waals surface area contributed by atoms with Crippen LogP contribution in [0.4, 0.5) is 5.69 Å². The van der Waals surface area contributed by atoms with Crippen LogP contribution in [-0.4, -0.2) is 56.5 Å². The maximum Gasteiger partial charge on any atom is 0.190 e. The minimum atomic E-state index is 0.818. The van der Waals surface area contributed by atoms with E-state index in [0.29, 0.717) is 0 Å². The molecule has 0 saturated carbocycles. The fourth-order valence-corrected chi connectivity index (χ4v) is 5.77. The molecule has 1 aliphatic heterocycles. The smallest absolute Gasteiger partial charge is 0.190 e. The van der Waals surface area contributed by atoms with Crippen molar-refractivity contribution in [2.75, 3.05) is 47.1 Å². The van der Waals surface area contributed by atoms with Gasteiger partial charge in [-0.1, -0.05) is 29.5 Å². The summed E-state index contributed by atoms with van der Waals surface area (Å²) in [6.07, 6.45) is 1.03. The molecule has 0 N–H and O–H groups in total. The SMILES string of the molecule is COc1ccc(-c2sc(=Nc3ccccc3)n(CCCN3CCOCC3)c2-c2ccc(OC)cc2)cc1. The van der Waals surface area contributed by atoms with E-state index in [0.717, 1.165) is 78.9 Å². The summed E-state index contributed by atoms with van der Waals surface area (Å²) in [7, 11) is 3.40. The van der Waals surface area contributed by atoms with Gasteiger partial charge < -0.3 is 18.8 Å². The number of para-hydroxylation sites is 1. The molecule has 0 spiro atoms. The number of nitrogens with zero attached hydrogens (tertiary/aromatic N) is 3. The number of aromatic nitrogens is 1. The number of benzene rings is 3. The quantitative estimate of drug-likeness (QED) is 0.280. The lowest BCUT2D eigenvalue weighted by atomic mass is 10.1. The molecule has 3 aromatic carbocycles. The van der Waals surface area contributed by atoms with Gasteiger partial charge in [0, 0.05) is 26.2 Å². The van der Waals surface area contributed by atoms with Crippen LogP contribution < -0.4 is 14.3 Å². The van der Waals surface area contributed by atoms with E-state index in [9.17, 15) is 0 Å². The van der Waals surface area contributed by atoms with Crippen LogP contribution in [0, 0.1) is 0 Å². The van der Waals surface area contributed by atoms with E-state index in [1.807, 2.05) is 42.5 Å². The second-order valence-electron chi connectivity index (χ2n) is 8.93. The summed E-state index contributed by atoms with van der Waals surface area (Å²) in [5, 5.41) is 0. The molecule has 0 unspecified atom stereocenters. The number of ether oxygens (including phenoxy) is 3. The summed E-state index contributed by atoms with van der Waals surface area (Å²) in [5.74, 6) is 1.69. The average molecular weight is 516 g/mol. The van der Waals surface area contributed by atoms with Crippen molar-refractivity contribution in [2.45, 2.75) is 13.0 Å². The number of methoxy groups -OCH3 is 2. The van der Waals surface area contributed by atoms with Gasteiger partial charge in [0.05, 0.1) is 43.7 Å². The zero-order chi connectivity index (χ0) is 25.5. The van der Waals surface area contributed by atoms with E-state index in [-0.39, 0.29) is 0 Å². The Morgan fingerprint density at radius 2 is 1.41 bits per heavy atom. The van der Waals surface area contributed by atoms with Crippen LogP contribution in [0.25, 0.3) is 21.7 Å². The van der Waals surface area contributed by atoms with Crippen LogP contribution >= 0.6 is 11.3 Å². The first-order valence-corrected chi connectivity index (χ1v) is 13.5. The first-order chi connectivity index (χ1) is 18.2. The highest BCUT2D eigenvalue weighted by atomic mass is 32.1. The first kappa shape index (κ1) is 25.3. The van der Waals surface area contributed by atoms with Gasteiger partial charge in [-0.3, -0.25) is 4.90 Å². The van der Waals surface area contributed by atoms with Gasteiger partial charge in [0.15, 0.2) is 4.80 Å². The van der Waals surface area contributed by atoms with Gasteiger partial charge in [-0.05, 0) is 78.2 Å². The van der Waals surface area contributed by atoms with Crippen LogP contribution in [-0.2, 0) is 11.3 Å². The van der Waals surface area contributed by atoms with E-state index >= 15 is 0 Å². The molecule has 6 nitrogen and oxygen atoms in total. The molecule has 1 saturated heterocycles. The van der Waals surface area contributed by atoms with E-state index in [4.69, 9.17) is 19.2 Å². The highest BCUT2D eigenvalue weighted by molar-refractivity contribution is 7.13. The lowest BCUT2D eigenvalue weighted by molar-refractivity contribution is 0.0369. The highest BCUT2D eigenvalue weighted by Gasteiger charge is 2.19. The molecule has 37 heavy (non-hydrogen) atoms. The van der Waals surface area contributed by atoms with Crippen LogP contribution in [0.1, 0.15) is 6.42 Å². The van der Waals surface area contributed by atoms with E-state index in [1.54, 1.807) is 25.6 Å². The molecule has 4 aromatic rings. The van der Waals surface area contributed by atoms with Crippen molar-refractivity contribution in [1.82, 2.24) is 9.47 Å². The van der Waals surface area contributed by atoms with Gasteiger partial charge in [0.25, 0.3) is 0 Å². The van der Waals surface area contributed by atoms with Crippen LogP contribution in [0.15, 0.2) is 83.9 Å². The summed E-state index contributed by atoms with van der Waals surface area (Å²) in [6.45, 7) is 5.54. The largest absolute Gasteiger partial charge is 0.497 e. The highest BCUT2D eigenvalue weighted by Crippen LogP contribution is 2.36. The molecule has 7 heteroatoms. The molecule has 1 aliphatic rings. The maximum atomic E-state index is 5.54. The van der Waals surface area contributed by atoms with Gasteiger partial charge in [-0.25, -0.2) is 4.99 Å². The third-order valence-electron chi connectivity index (χ3n) is 6.57. The molecular weight excluding hydrogens is 482 g/mol. The van der Waals surface area contributed by atoms with Gasteiger partial charge in [-0.15, -0.1) is 0 Å². The average Bonchev–Trinajstić information content (AvgIpc) is 3.32. The molecule has 2 heterocycles. The Labute approximate surface area is 222 Å². The summed E-state index contributed by atoms with van der Waals surface area (Å²) < 4.78 is 18.8. The Morgan fingerprint density at radius 3 is 2.03 bits per heavy atom. The predicted octanol–water partition coefficient (Wildman–Crippen LogP) is 5.86. The molecule has 0 aliphatic carbocycles. The Hall–Kier alpha value is -3.39. The molecule has 1 fully saturated rings. The molecule has 0 amide bonds. The fraction of sp³-hybridized carbons (Fsp3) is 0.300. The topological polar surface area (TPSA) is 48.2 Å². The van der Waals surface area contributed by atoms with Gasteiger partial charge >= 0.3 is 0 Å². The molecule has 0 bridgehead atoms. The zero-order valence-electron chi connectivity index (χ0n) is 21.4. The van der Waals surface area contributed by atoms with E-state index < -0.39 is 0 Å². The minimum absolute atomic E-state index is 0.818. The van der Waals surface area contributed by atoms with Crippen molar-refractivity contribution >= 4 is 17.0 Å². The lowest BCUT2D eigenvalue weighted by Gasteiger charge is -2.26. The number of thiazole rings is 1. The van der Waals surface area contributed by atoms with Crippen molar-refractivity contribution in [3.8, 4) is 33.2 Å². The van der Waals surface area contributed by atoms with Gasteiger partial charge in [0.2, 0.25) is 0 Å². The number of rotatable bonds is 9. The van der Waals surface area contributed by atoms with Crippen molar-refractivity contribution in [1.29, 1.82) is 0 Å². The minimum Gasteiger partial charge on any atom is -0.497 e. The Kier molecular flexibility index (Phi) is 8.35. The molecule has 0 radical (unpaired) electrons. The van der Waals surface area contributed by atoms with E-state index in [1.165, 1.54) is 10.6 Å². The molecule has 1 aromatic heterocycles. The number of hydrogen-bond donors (Lipinski definition) is 0. The molecule has 192 valence electrons. The third kappa shape index (κ3) is 6.13. The molecule has 5 rings (SSSR count). The lowest BCUT2D eigenvalue weighted by Crippen LogP contribution is -2.37. The Balaban J connectivity index is 1.61. The first-order valence-electron chi connectivity index (χ1n) is 12.7. The Morgan fingerprint density at radius 1 is 0.784 bits per heavy atom. The van der Waals surface area contributed by atoms with Gasteiger partial charge in [0.1, 0.15) is 11.5 Å². The van der Waals surface area contributed by atoms with Crippen LogP contribution in [0.3, 0.4) is 0 Å². The maximum absolute atomic E-state index is 5.54. The second-order valence-corrected chi connectivity index (χ2v) is 9.90. The monoisotopic (exact) mass is 515 g/mol. The standard InChI is InChI=1S/C30H33N3O3S/c1-34-26-13-9-23(10-14-26)28-29(24-11-15-27(35-2)16-12-24)37-30(31-25-7-4-3-5-8-25)33(28)18-6-17-32-19-21-36-22-20-32/h3-5,7-16H,6,17-22H2,1-2H3. The normalized spacial score (nSPS) is 14.6. The van der Waals surface area contributed by atoms with Crippen molar-refractivity contribution < 1.29 is 14.2 Å². The van der Waals surface area contributed by atoms with E-state index in [2.05, 4.69) is 45.9 Å². The number of morpholine rings is 1. The third-order valence-corrected chi connectivity index (χ3v) is 7.69. The summed E-state index contributed by atoms with van der Waals surface area (Å²) in [4.78, 5) is 9.77. The fourth-order valence-electron chi connectivity index (χ4n) is 4.57. The van der Waals surface area contributed by atoms with Crippen molar-refractivity contribution in [2.24, 2.45) is 4.99 Å². The number of hydrogen-bond acceptors (Lipinski definition) is 6. The summed E-state index contributed by atoms with van der Waals surface area (Å²) in [5.41, 5.74) is 4.42. The summed E-state index contributed by atoms with van der Waals surface area (Å²) in [6, 6.07) is 26.8. The van der Waals surface area contributed by atoms with Crippen molar-refractivity contribution in [3.63, 3.8) is 0 Å². The molecule has 0 atom stereocenters. The van der Waals surface area contributed by atoms with Crippen LogP contribution in [0.2, 0.25) is 0 Å².